The SMILES string of the molecule is NCC(=O)[C@@H](N)Cc1ccc(NC(=O)O)cc1.[U]. The molecule has 0 bridgehead atoms. The molecular formula is C11H15N3O3U. The van der Waals surface area contributed by atoms with Gasteiger partial charge >= 0.3 is 6.09 Å². The predicted molar refractivity (Wildman–Crippen MR) is 63.8 cm³/mol. The van der Waals surface area contributed by atoms with Crippen LogP contribution in [0.1, 0.15) is 5.56 Å². The maximum atomic E-state index is 11.2. The van der Waals surface area contributed by atoms with E-state index in [9.17, 15) is 9.59 Å². The fourth-order valence-electron chi connectivity index (χ4n) is 1.37. The molecular weight excluding hydrogens is 460 g/mol. The third kappa shape index (κ3) is 5.65. The standard InChI is InChI=1S/C11H15N3O3.U/c12-6-10(15)9(13)5-7-1-3-8(4-2-7)14-11(16)17;/h1-4,9,14H,5-6,12-13H2,(H,16,17);/t9-;/m0./s1. The second kappa shape index (κ2) is 8.27. The van der Waals surface area contributed by atoms with Crippen molar-refractivity contribution >= 4 is 17.6 Å². The zero-order valence-electron chi connectivity index (χ0n) is 9.72. The van der Waals surface area contributed by atoms with Crippen molar-refractivity contribution in [1.29, 1.82) is 0 Å². The van der Waals surface area contributed by atoms with Crippen LogP contribution in [0.2, 0.25) is 0 Å². The minimum Gasteiger partial charge on any atom is -0.465 e. The van der Waals surface area contributed by atoms with Crippen LogP contribution >= 0.6 is 0 Å². The van der Waals surface area contributed by atoms with Crippen molar-refractivity contribution in [3.05, 3.63) is 29.8 Å². The van der Waals surface area contributed by atoms with Crippen LogP contribution in [0.5, 0.6) is 0 Å². The van der Waals surface area contributed by atoms with Crippen molar-refractivity contribution in [2.75, 3.05) is 11.9 Å². The van der Waals surface area contributed by atoms with Gasteiger partial charge in [-0.2, -0.15) is 0 Å². The third-order valence-corrected chi connectivity index (χ3v) is 2.28. The molecule has 1 amide bonds. The summed E-state index contributed by atoms with van der Waals surface area (Å²) in [6.07, 6.45) is -0.726. The summed E-state index contributed by atoms with van der Waals surface area (Å²) in [6, 6.07) is 6.05. The van der Waals surface area contributed by atoms with Crippen LogP contribution in [0.15, 0.2) is 24.3 Å². The Labute approximate surface area is 128 Å². The number of benzene rings is 1. The largest absolute Gasteiger partial charge is 0.465 e. The zero-order chi connectivity index (χ0) is 12.8. The second-order valence-corrected chi connectivity index (χ2v) is 3.61. The second-order valence-electron chi connectivity index (χ2n) is 3.61. The maximum absolute atomic E-state index is 11.2. The average Bonchev–Trinajstić information content (AvgIpc) is 2.30. The molecule has 0 fully saturated rings. The van der Waals surface area contributed by atoms with Crippen LogP contribution in [0.4, 0.5) is 10.5 Å². The monoisotopic (exact) mass is 475 g/mol. The van der Waals surface area contributed by atoms with Gasteiger partial charge in [0, 0.05) is 36.8 Å². The van der Waals surface area contributed by atoms with E-state index in [1.165, 1.54) is 0 Å². The summed E-state index contributed by atoms with van der Waals surface area (Å²) in [4.78, 5) is 21.6. The molecule has 1 atom stereocenters. The van der Waals surface area contributed by atoms with E-state index in [1.54, 1.807) is 24.3 Å². The number of carboxylic acid groups (broad SMARTS) is 1. The maximum Gasteiger partial charge on any atom is 0.409 e. The summed E-state index contributed by atoms with van der Waals surface area (Å²) in [5.74, 6) is -0.197. The minimum atomic E-state index is -1.12. The van der Waals surface area contributed by atoms with Gasteiger partial charge < -0.3 is 16.6 Å². The Hall–Kier alpha value is -0.868. The van der Waals surface area contributed by atoms with Gasteiger partial charge in [-0.1, -0.05) is 12.1 Å². The van der Waals surface area contributed by atoms with Crippen LogP contribution in [0, 0.1) is 31.1 Å². The number of rotatable bonds is 5. The Bertz CT molecular complexity index is 408. The molecule has 0 aliphatic heterocycles. The van der Waals surface area contributed by atoms with Crippen molar-refractivity contribution < 1.29 is 45.8 Å². The van der Waals surface area contributed by atoms with Gasteiger partial charge in [0.25, 0.3) is 0 Å². The summed E-state index contributed by atoms with van der Waals surface area (Å²) in [6.45, 7) is -0.0696. The molecule has 0 radical (unpaired) electrons. The molecule has 0 aromatic heterocycles. The Balaban J connectivity index is 0.00000289. The predicted octanol–water partition coefficient (Wildman–Crippen LogP) is 0.174. The van der Waals surface area contributed by atoms with E-state index in [1.807, 2.05) is 0 Å². The number of amides is 1. The van der Waals surface area contributed by atoms with Crippen LogP contribution in [0.3, 0.4) is 0 Å². The molecule has 1 rings (SSSR count). The fraction of sp³-hybridized carbons (Fsp3) is 0.273. The molecule has 7 heteroatoms. The first kappa shape index (κ1) is 17.1. The number of Topliss-reactive ketones (excluding diaryl/α,β-unsaturated/α-hetero) is 1. The molecule has 6 N–H and O–H groups in total. The molecule has 0 saturated heterocycles. The molecule has 0 unspecified atom stereocenters. The Morgan fingerprint density at radius 1 is 1.28 bits per heavy atom. The smallest absolute Gasteiger partial charge is 0.409 e. The van der Waals surface area contributed by atoms with Crippen molar-refractivity contribution in [2.24, 2.45) is 11.5 Å². The molecule has 96 valence electrons. The van der Waals surface area contributed by atoms with Crippen LogP contribution in [0.25, 0.3) is 0 Å². The minimum absolute atomic E-state index is 0. The van der Waals surface area contributed by atoms with Gasteiger partial charge in [0.1, 0.15) is 0 Å². The van der Waals surface area contributed by atoms with Gasteiger partial charge in [0.2, 0.25) is 0 Å². The molecule has 0 spiro atoms. The van der Waals surface area contributed by atoms with E-state index < -0.39 is 12.1 Å². The van der Waals surface area contributed by atoms with Crippen molar-refractivity contribution in [3.8, 4) is 0 Å². The van der Waals surface area contributed by atoms with Crippen molar-refractivity contribution in [3.63, 3.8) is 0 Å². The molecule has 1 aromatic carbocycles. The first-order chi connectivity index (χ1) is 8.02. The summed E-state index contributed by atoms with van der Waals surface area (Å²) in [7, 11) is 0. The van der Waals surface area contributed by atoms with Gasteiger partial charge in [-0.25, -0.2) is 4.79 Å². The summed E-state index contributed by atoms with van der Waals surface area (Å²) >= 11 is 0. The average molecular weight is 475 g/mol. The van der Waals surface area contributed by atoms with Crippen LogP contribution in [-0.2, 0) is 11.2 Å². The summed E-state index contributed by atoms with van der Waals surface area (Å²) in [5.41, 5.74) is 12.2. The summed E-state index contributed by atoms with van der Waals surface area (Å²) in [5, 5.41) is 10.7. The van der Waals surface area contributed by atoms with Gasteiger partial charge in [-0.15, -0.1) is 0 Å². The first-order valence-electron chi connectivity index (χ1n) is 5.10. The zero-order valence-corrected chi connectivity index (χ0v) is 13.9. The van der Waals surface area contributed by atoms with E-state index >= 15 is 0 Å². The third-order valence-electron chi connectivity index (χ3n) is 2.28. The number of nitrogens with two attached hydrogens (primary N) is 2. The molecule has 0 aliphatic carbocycles. The number of nitrogens with one attached hydrogen (secondary N) is 1. The van der Waals surface area contributed by atoms with E-state index in [4.69, 9.17) is 16.6 Å². The molecule has 18 heavy (non-hydrogen) atoms. The molecule has 1 aromatic rings. The number of hydrogen-bond donors (Lipinski definition) is 4. The molecule has 0 aliphatic rings. The Morgan fingerprint density at radius 2 is 1.83 bits per heavy atom. The van der Waals surface area contributed by atoms with Gasteiger partial charge in [-0.3, -0.25) is 10.1 Å². The number of carbonyl (C=O) groups is 2. The quantitative estimate of drug-likeness (QED) is 0.485. The molecule has 0 heterocycles. The van der Waals surface area contributed by atoms with Gasteiger partial charge in [0.05, 0.1) is 12.6 Å². The number of hydrogen-bond acceptors (Lipinski definition) is 4. The van der Waals surface area contributed by atoms with E-state index in [0.717, 1.165) is 5.56 Å². The van der Waals surface area contributed by atoms with Gasteiger partial charge in [0.15, 0.2) is 5.78 Å². The normalized spacial score (nSPS) is 11.2. The Morgan fingerprint density at radius 3 is 2.28 bits per heavy atom. The summed E-state index contributed by atoms with van der Waals surface area (Å²) < 4.78 is 0. The van der Waals surface area contributed by atoms with Crippen LogP contribution in [-0.4, -0.2) is 29.6 Å². The van der Waals surface area contributed by atoms with Gasteiger partial charge in [-0.05, 0) is 24.1 Å². The number of carbonyl (C=O) groups excluding carboxylic acids is 1. The Kier molecular flexibility index (Phi) is 7.87. The molecule has 0 saturated carbocycles. The van der Waals surface area contributed by atoms with E-state index in [0.29, 0.717) is 12.1 Å². The van der Waals surface area contributed by atoms with E-state index in [2.05, 4.69) is 5.32 Å². The molecule has 6 nitrogen and oxygen atoms in total. The number of ketones is 1. The van der Waals surface area contributed by atoms with Crippen molar-refractivity contribution in [2.45, 2.75) is 12.5 Å². The van der Waals surface area contributed by atoms with E-state index in [-0.39, 0.29) is 43.4 Å². The van der Waals surface area contributed by atoms with Crippen LogP contribution < -0.4 is 16.8 Å². The fourth-order valence-corrected chi connectivity index (χ4v) is 1.37. The van der Waals surface area contributed by atoms with Crippen molar-refractivity contribution in [1.82, 2.24) is 0 Å². The topological polar surface area (TPSA) is 118 Å². The number of anilines is 1. The first-order valence-corrected chi connectivity index (χ1v) is 5.10.